The third-order valence-corrected chi connectivity index (χ3v) is 3.26. The van der Waals surface area contributed by atoms with E-state index in [1.165, 1.54) is 12.8 Å². The smallest absolute Gasteiger partial charge is 0.261 e. The van der Waals surface area contributed by atoms with Crippen molar-refractivity contribution in [2.24, 2.45) is 0 Å². The molecule has 0 bridgehead atoms. The van der Waals surface area contributed by atoms with Crippen LogP contribution in [0.5, 0.6) is 0 Å². The zero-order valence-corrected chi connectivity index (χ0v) is 11.1. The number of nitrogens with zero attached hydrogens (tertiary/aromatic N) is 2. The van der Waals surface area contributed by atoms with Crippen molar-refractivity contribution in [2.45, 2.75) is 46.1 Å². The summed E-state index contributed by atoms with van der Waals surface area (Å²) in [6.07, 6.45) is 4.36. The Morgan fingerprint density at radius 1 is 1.17 bits per heavy atom. The highest BCUT2D eigenvalue weighted by molar-refractivity contribution is 5.77. The molecular weight excluding hydrogens is 224 g/mol. The molecule has 0 saturated carbocycles. The predicted octanol–water partition coefficient (Wildman–Crippen LogP) is 3.15. The normalized spacial score (nSPS) is 11.0. The number of aryl methyl sites for hydroxylation is 1. The fourth-order valence-corrected chi connectivity index (χ4v) is 2.26. The highest BCUT2D eigenvalue weighted by Gasteiger charge is 2.08. The van der Waals surface area contributed by atoms with Gasteiger partial charge in [0.05, 0.1) is 10.9 Å². The summed E-state index contributed by atoms with van der Waals surface area (Å²) >= 11 is 0. The van der Waals surface area contributed by atoms with Gasteiger partial charge in [0.2, 0.25) is 0 Å². The van der Waals surface area contributed by atoms with Gasteiger partial charge in [0.1, 0.15) is 5.82 Å². The summed E-state index contributed by atoms with van der Waals surface area (Å²) in [6, 6.07) is 7.59. The largest absolute Gasteiger partial charge is 0.296 e. The predicted molar refractivity (Wildman–Crippen MR) is 74.9 cm³/mol. The summed E-state index contributed by atoms with van der Waals surface area (Å²) in [5.74, 6) is 0.926. The molecule has 0 aliphatic rings. The van der Waals surface area contributed by atoms with Gasteiger partial charge in [-0.2, -0.15) is 0 Å². The highest BCUT2D eigenvalue weighted by Crippen LogP contribution is 2.10. The van der Waals surface area contributed by atoms with Crippen molar-refractivity contribution in [3.05, 3.63) is 40.4 Å². The van der Waals surface area contributed by atoms with Crippen LogP contribution in [0.25, 0.3) is 10.9 Å². The van der Waals surface area contributed by atoms with Crippen LogP contribution in [0.1, 0.15) is 38.9 Å². The topological polar surface area (TPSA) is 34.9 Å². The van der Waals surface area contributed by atoms with Crippen LogP contribution in [-0.4, -0.2) is 9.55 Å². The van der Waals surface area contributed by atoms with Crippen molar-refractivity contribution in [2.75, 3.05) is 0 Å². The van der Waals surface area contributed by atoms with Gasteiger partial charge in [-0.15, -0.1) is 0 Å². The summed E-state index contributed by atoms with van der Waals surface area (Å²) in [5, 5.41) is 0.721. The number of hydrogen-bond donors (Lipinski definition) is 0. The fourth-order valence-electron chi connectivity index (χ4n) is 2.26. The third-order valence-electron chi connectivity index (χ3n) is 3.26. The molecule has 0 amide bonds. The molecule has 0 unspecified atom stereocenters. The Morgan fingerprint density at radius 2 is 1.94 bits per heavy atom. The molecule has 2 rings (SSSR count). The van der Waals surface area contributed by atoms with E-state index in [4.69, 9.17) is 0 Å². The maximum atomic E-state index is 12.3. The summed E-state index contributed by atoms with van der Waals surface area (Å²) in [7, 11) is 0. The van der Waals surface area contributed by atoms with Crippen LogP contribution in [-0.2, 0) is 13.0 Å². The molecule has 0 aliphatic carbocycles. The molecule has 3 nitrogen and oxygen atoms in total. The maximum absolute atomic E-state index is 12.3. The zero-order chi connectivity index (χ0) is 13.0. The molecule has 0 fully saturated rings. The summed E-state index contributed by atoms with van der Waals surface area (Å²) < 4.78 is 1.80. The number of aromatic nitrogens is 2. The highest BCUT2D eigenvalue weighted by atomic mass is 16.1. The van der Waals surface area contributed by atoms with Crippen molar-refractivity contribution in [1.82, 2.24) is 9.55 Å². The number of para-hydroxylation sites is 1. The van der Waals surface area contributed by atoms with Gasteiger partial charge in [0.15, 0.2) is 0 Å². The van der Waals surface area contributed by atoms with Crippen LogP contribution in [0.15, 0.2) is 29.1 Å². The summed E-state index contributed by atoms with van der Waals surface area (Å²) in [4.78, 5) is 17.0. The lowest BCUT2D eigenvalue weighted by molar-refractivity contribution is 0.615. The van der Waals surface area contributed by atoms with Gasteiger partial charge in [-0.3, -0.25) is 9.36 Å². The minimum Gasteiger partial charge on any atom is -0.296 e. The van der Waals surface area contributed by atoms with Gasteiger partial charge in [-0.05, 0) is 25.5 Å². The lowest BCUT2D eigenvalue weighted by Gasteiger charge is -2.11. The van der Waals surface area contributed by atoms with Crippen LogP contribution in [0.4, 0.5) is 0 Å². The average Bonchev–Trinajstić information content (AvgIpc) is 2.39. The first kappa shape index (κ1) is 12.8. The monoisotopic (exact) mass is 244 g/mol. The van der Waals surface area contributed by atoms with E-state index in [9.17, 15) is 4.79 Å². The molecule has 0 N–H and O–H groups in total. The van der Waals surface area contributed by atoms with E-state index in [1.807, 2.05) is 31.2 Å². The summed E-state index contributed by atoms with van der Waals surface area (Å²) in [6.45, 7) is 4.88. The van der Waals surface area contributed by atoms with Crippen LogP contribution in [0.2, 0.25) is 0 Å². The van der Waals surface area contributed by atoms with Crippen molar-refractivity contribution in [1.29, 1.82) is 0 Å². The molecule has 1 aromatic heterocycles. The van der Waals surface area contributed by atoms with Crippen LogP contribution in [0.3, 0.4) is 0 Å². The van der Waals surface area contributed by atoms with E-state index in [1.54, 1.807) is 4.57 Å². The van der Waals surface area contributed by atoms with Gasteiger partial charge >= 0.3 is 0 Å². The van der Waals surface area contributed by atoms with Crippen molar-refractivity contribution < 1.29 is 0 Å². The number of rotatable bonds is 5. The molecule has 0 radical (unpaired) electrons. The molecule has 2 aromatic rings. The molecule has 0 aliphatic heterocycles. The molecule has 0 saturated heterocycles. The molecule has 0 spiro atoms. The van der Waals surface area contributed by atoms with Crippen molar-refractivity contribution in [3.8, 4) is 0 Å². The molecule has 1 heterocycles. The van der Waals surface area contributed by atoms with E-state index in [0.29, 0.717) is 6.54 Å². The van der Waals surface area contributed by atoms with E-state index in [0.717, 1.165) is 29.6 Å². The minimum atomic E-state index is 0.0922. The third kappa shape index (κ3) is 2.45. The Balaban J connectivity index is 2.48. The van der Waals surface area contributed by atoms with E-state index < -0.39 is 0 Å². The SMILES string of the molecule is CCCCCc1nc2ccccc2c(=O)n1CC. The Kier molecular flexibility index (Phi) is 4.13. The lowest BCUT2D eigenvalue weighted by atomic mass is 10.2. The molecule has 1 aromatic carbocycles. The lowest BCUT2D eigenvalue weighted by Crippen LogP contribution is -2.24. The van der Waals surface area contributed by atoms with E-state index in [2.05, 4.69) is 11.9 Å². The Labute approximate surface area is 107 Å². The maximum Gasteiger partial charge on any atom is 0.261 e. The molecule has 0 atom stereocenters. The van der Waals surface area contributed by atoms with Crippen LogP contribution in [0, 0.1) is 0 Å². The van der Waals surface area contributed by atoms with Crippen molar-refractivity contribution in [3.63, 3.8) is 0 Å². The number of unbranched alkanes of at least 4 members (excludes halogenated alkanes) is 2. The van der Waals surface area contributed by atoms with Gasteiger partial charge in [-0.1, -0.05) is 31.9 Å². The fraction of sp³-hybridized carbons (Fsp3) is 0.467. The average molecular weight is 244 g/mol. The van der Waals surface area contributed by atoms with Crippen molar-refractivity contribution >= 4 is 10.9 Å². The van der Waals surface area contributed by atoms with Gasteiger partial charge in [0.25, 0.3) is 5.56 Å². The first-order valence-corrected chi connectivity index (χ1v) is 6.76. The van der Waals surface area contributed by atoms with Gasteiger partial charge in [0, 0.05) is 13.0 Å². The second-order valence-corrected chi connectivity index (χ2v) is 4.55. The van der Waals surface area contributed by atoms with Crippen LogP contribution < -0.4 is 5.56 Å². The zero-order valence-electron chi connectivity index (χ0n) is 11.1. The second-order valence-electron chi connectivity index (χ2n) is 4.55. The quantitative estimate of drug-likeness (QED) is 0.757. The summed E-state index contributed by atoms with van der Waals surface area (Å²) in [5.41, 5.74) is 0.910. The number of hydrogen-bond acceptors (Lipinski definition) is 2. The second kappa shape index (κ2) is 5.80. The Bertz CT molecular complexity index is 587. The van der Waals surface area contributed by atoms with Gasteiger partial charge < -0.3 is 0 Å². The molecule has 18 heavy (non-hydrogen) atoms. The first-order valence-electron chi connectivity index (χ1n) is 6.76. The van der Waals surface area contributed by atoms with Gasteiger partial charge in [-0.25, -0.2) is 4.98 Å². The molecule has 96 valence electrons. The minimum absolute atomic E-state index is 0.0922. The standard InChI is InChI=1S/C15H20N2O/c1-3-5-6-11-14-16-13-10-8-7-9-12(13)15(18)17(14)4-2/h7-10H,3-6,11H2,1-2H3. The van der Waals surface area contributed by atoms with E-state index >= 15 is 0 Å². The first-order chi connectivity index (χ1) is 8.77. The Morgan fingerprint density at radius 3 is 2.67 bits per heavy atom. The van der Waals surface area contributed by atoms with E-state index in [-0.39, 0.29) is 5.56 Å². The molecule has 3 heteroatoms. The van der Waals surface area contributed by atoms with Crippen LogP contribution >= 0.6 is 0 Å². The number of benzene rings is 1. The Hall–Kier alpha value is -1.64. The number of fused-ring (bicyclic) bond motifs is 1. The molecular formula is C15H20N2O.